The fraction of sp³-hybridized carbons (Fsp3) is 0.397. The molecule has 2 saturated heterocycles. The summed E-state index contributed by atoms with van der Waals surface area (Å²) in [6, 6.07) is 26.0. The van der Waals surface area contributed by atoms with Crippen LogP contribution in [0.25, 0.3) is 31.8 Å². The van der Waals surface area contributed by atoms with E-state index in [-0.39, 0.29) is 75.2 Å². The van der Waals surface area contributed by atoms with Crippen molar-refractivity contribution in [3.05, 3.63) is 154 Å². The van der Waals surface area contributed by atoms with Crippen LogP contribution < -0.4 is 30.5 Å². The third kappa shape index (κ3) is 13.7. The lowest BCUT2D eigenvalue weighted by Crippen LogP contribution is -2.58. The first-order chi connectivity index (χ1) is 44.1. The molecule has 0 radical (unpaired) electrons. The highest BCUT2D eigenvalue weighted by atomic mass is 32.2. The zero-order chi connectivity index (χ0) is 64.6. The minimum Gasteiger partial charge on any atom is -0.391 e. The Morgan fingerprint density at radius 1 is 0.826 bits per heavy atom. The maximum absolute atomic E-state index is 16.4. The third-order valence-electron chi connectivity index (χ3n) is 18.4. The van der Waals surface area contributed by atoms with Crippen LogP contribution in [0.5, 0.6) is 0 Å². The SMILES string of the molecule is Cc1ncsc1-c1ccc(CNC(=O)[C@@H]2C[C@@H](O)CN2C(=O)[C@@H](NC(=O)C2CCN(c3ccc(S(=O)(=O)NC(=O)c4nc(N5CCc6cccc(C(=O)Nc7nc8ccccc8s7)c6C5)ccc4-c4cnn(CC5CCCCC5)c4C)cc3F)CC2)C(C)(C)C)cc1. The summed E-state index contributed by atoms with van der Waals surface area (Å²) in [5.74, 6) is -3.21. The summed E-state index contributed by atoms with van der Waals surface area (Å²) in [5, 5.41) is 24.9. The summed E-state index contributed by atoms with van der Waals surface area (Å²) in [6.07, 6.45) is 7.59. The Labute approximate surface area is 542 Å². The largest absolute Gasteiger partial charge is 0.391 e. The van der Waals surface area contributed by atoms with Crippen molar-refractivity contribution in [3.63, 3.8) is 0 Å². The van der Waals surface area contributed by atoms with Crippen LogP contribution in [0.15, 0.2) is 114 Å². The highest BCUT2D eigenvalue weighted by Crippen LogP contribution is 2.36. The van der Waals surface area contributed by atoms with E-state index in [0.717, 1.165) is 80.5 Å². The number of thiazole rings is 2. The summed E-state index contributed by atoms with van der Waals surface area (Å²) in [4.78, 5) is 90.4. The van der Waals surface area contributed by atoms with E-state index in [1.54, 1.807) is 46.1 Å². The monoisotopic (exact) mass is 1300 g/mol. The Balaban J connectivity index is 0.710. The Kier molecular flexibility index (Phi) is 18.4. The second-order valence-electron chi connectivity index (χ2n) is 25.6. The van der Waals surface area contributed by atoms with E-state index in [4.69, 9.17) is 10.1 Å². The molecule has 5 amide bonds. The van der Waals surface area contributed by atoms with Gasteiger partial charge in [0.1, 0.15) is 29.4 Å². The molecule has 0 spiro atoms. The second kappa shape index (κ2) is 26.6. The first-order valence-corrected chi connectivity index (χ1v) is 34.6. The van der Waals surface area contributed by atoms with Gasteiger partial charge in [0, 0.05) is 80.5 Å². The van der Waals surface area contributed by atoms with Crippen molar-refractivity contribution in [1.82, 2.24) is 45.0 Å². The molecule has 1 saturated carbocycles. The van der Waals surface area contributed by atoms with Crippen molar-refractivity contribution in [2.24, 2.45) is 17.3 Å². The molecule has 5 N–H and O–H groups in total. The Bertz CT molecular complexity index is 4190. The Morgan fingerprint density at radius 2 is 1.60 bits per heavy atom. The average Bonchev–Trinajstić information content (AvgIpc) is 1.17. The second-order valence-corrected chi connectivity index (χ2v) is 29.2. The van der Waals surface area contributed by atoms with Crippen molar-refractivity contribution in [2.45, 2.75) is 135 Å². The molecule has 3 fully saturated rings. The van der Waals surface area contributed by atoms with Crippen LogP contribution >= 0.6 is 22.7 Å². The molecule has 92 heavy (non-hydrogen) atoms. The smallest absolute Gasteiger partial charge is 0.284 e. The van der Waals surface area contributed by atoms with Crippen LogP contribution in [-0.4, -0.2) is 117 Å². The molecule has 1 aliphatic carbocycles. The van der Waals surface area contributed by atoms with E-state index in [9.17, 15) is 37.5 Å². The summed E-state index contributed by atoms with van der Waals surface area (Å²) in [6.45, 7) is 11.4. The Morgan fingerprint density at radius 3 is 2.33 bits per heavy atom. The van der Waals surface area contributed by atoms with E-state index in [0.29, 0.717) is 53.1 Å². The number of carbonyl (C=O) groups excluding carboxylic acids is 5. The van der Waals surface area contributed by atoms with Crippen LogP contribution in [-0.2, 0) is 50.5 Å². The lowest BCUT2D eigenvalue weighted by Gasteiger charge is -2.37. The van der Waals surface area contributed by atoms with E-state index in [1.807, 2.05) is 105 Å². The number of aliphatic hydroxyl groups is 1. The molecule has 3 atom stereocenters. The summed E-state index contributed by atoms with van der Waals surface area (Å²) < 4.78 is 50.1. The summed E-state index contributed by atoms with van der Waals surface area (Å²) >= 11 is 2.94. The van der Waals surface area contributed by atoms with Crippen LogP contribution in [0.1, 0.15) is 121 Å². The van der Waals surface area contributed by atoms with Crippen LogP contribution in [0, 0.1) is 36.9 Å². The number of aryl methyl sites for hydroxylation is 1. The van der Waals surface area contributed by atoms with Crippen molar-refractivity contribution < 1.29 is 41.9 Å². The number of nitrogens with zero attached hydrogens (tertiary/aromatic N) is 8. The molecule has 8 aromatic rings. The number of nitrogens with one attached hydrogen (secondary N) is 4. The number of anilines is 3. The first kappa shape index (κ1) is 63.7. The maximum atomic E-state index is 16.4. The van der Waals surface area contributed by atoms with Gasteiger partial charge in [0.25, 0.3) is 21.8 Å². The number of benzene rings is 4. The fourth-order valence-electron chi connectivity index (χ4n) is 13.2. The average molecular weight is 1300 g/mol. The number of aliphatic hydroxyl groups excluding tert-OH is 1. The van der Waals surface area contributed by atoms with Crippen LogP contribution in [0.4, 0.5) is 21.0 Å². The number of carbonyl (C=O) groups is 5. The third-order valence-corrected chi connectivity index (χ3v) is 21.6. The number of rotatable bonds is 17. The molecule has 480 valence electrons. The Hall–Kier alpha value is -8.45. The number of fused-ring (bicyclic) bond motifs is 2. The molecule has 0 unspecified atom stereocenters. The number of β-amino-alcohol motifs (C(OH)–C–C–N with tert-alkyl or cyclic N) is 1. The molecule has 4 aliphatic rings. The van der Waals surface area contributed by atoms with Crippen molar-refractivity contribution in [3.8, 4) is 21.6 Å². The molecule has 12 rings (SSSR count). The number of halogens is 1. The van der Waals surface area contributed by atoms with Crippen LogP contribution in [0.3, 0.4) is 0 Å². The zero-order valence-electron chi connectivity index (χ0n) is 52.1. The molecular weight excluding hydrogens is 1230 g/mol. The van der Waals surface area contributed by atoms with Gasteiger partial charge in [-0.3, -0.25) is 34.0 Å². The van der Waals surface area contributed by atoms with Gasteiger partial charge in [-0.25, -0.2) is 32.5 Å². The fourth-order valence-corrected chi connectivity index (χ4v) is 15.8. The van der Waals surface area contributed by atoms with Gasteiger partial charge in [0.2, 0.25) is 17.7 Å². The number of likely N-dealkylation sites (tertiary alicyclic amines) is 1. The number of piperidine rings is 1. The lowest BCUT2D eigenvalue weighted by atomic mass is 9.84. The molecule has 4 aromatic heterocycles. The van der Waals surface area contributed by atoms with E-state index in [2.05, 4.69) is 30.6 Å². The van der Waals surface area contributed by atoms with Crippen molar-refractivity contribution in [1.29, 1.82) is 0 Å². The van der Waals surface area contributed by atoms with Crippen molar-refractivity contribution in [2.75, 3.05) is 41.3 Å². The summed E-state index contributed by atoms with van der Waals surface area (Å²) in [7, 11) is -4.72. The normalized spacial score (nSPS) is 17.8. The van der Waals surface area contributed by atoms with Crippen LogP contribution in [0.2, 0.25) is 0 Å². The van der Waals surface area contributed by atoms with Gasteiger partial charge < -0.3 is 30.4 Å². The predicted octanol–water partition coefficient (Wildman–Crippen LogP) is 9.97. The molecule has 0 bridgehead atoms. The number of hydrogen-bond acceptors (Lipinski definition) is 16. The molecule has 7 heterocycles. The quantitative estimate of drug-likeness (QED) is 0.0569. The van der Waals surface area contributed by atoms with Gasteiger partial charge in [-0.05, 0) is 128 Å². The number of pyridine rings is 1. The van der Waals surface area contributed by atoms with E-state index < -0.39 is 68.0 Å². The minimum atomic E-state index is -4.72. The zero-order valence-corrected chi connectivity index (χ0v) is 54.5. The van der Waals surface area contributed by atoms with Crippen molar-refractivity contribution >= 4 is 89.1 Å². The molecule has 3 aliphatic heterocycles. The molecule has 20 nitrogen and oxygen atoms in total. The van der Waals surface area contributed by atoms with Gasteiger partial charge >= 0.3 is 0 Å². The molecule has 4 aromatic carbocycles. The minimum absolute atomic E-state index is 0.0406. The number of aromatic nitrogens is 5. The lowest BCUT2D eigenvalue weighted by molar-refractivity contribution is -0.144. The predicted molar refractivity (Wildman–Crippen MR) is 353 cm³/mol. The first-order valence-electron chi connectivity index (χ1n) is 31.4. The number of sulfonamides is 1. The highest BCUT2D eigenvalue weighted by Gasteiger charge is 2.45. The topological polar surface area (TPSA) is 254 Å². The number of hydrogen-bond donors (Lipinski definition) is 5. The van der Waals surface area contributed by atoms with E-state index in [1.165, 1.54) is 34.8 Å². The van der Waals surface area contributed by atoms with Gasteiger partial charge in [-0.1, -0.05) is 99.9 Å². The van der Waals surface area contributed by atoms with Gasteiger partial charge in [-0.2, -0.15) is 5.10 Å². The molecular formula is C68H75FN12O8S3. The number of amides is 5. The highest BCUT2D eigenvalue weighted by molar-refractivity contribution is 7.90. The van der Waals surface area contributed by atoms with E-state index >= 15 is 4.39 Å². The van der Waals surface area contributed by atoms with Gasteiger partial charge in [0.05, 0.1) is 49.2 Å². The standard InChI is InChI=1S/C68H75FN12O8S3/c1-40-60(90-39-71-40)45-20-18-42(19-21-45)34-70-64(85)56-32-47(82)37-80(56)66(87)61(68(3,4)5)75-62(83)46-27-29-78(30-28-46)55-24-22-48(33-53(55)69)92(88,89)77-65(86)59-49(51-35-72-81(41(51)2)36-43-12-7-6-8-13-43)23-25-58(74-59)79-31-26-44-14-11-15-50(52(44)38-79)63(84)76-67-73-54-16-9-10-17-57(54)91-67/h9-11,14-25,33,35,39,43,46-47,56,61,82H,6-8,12-13,26-32,34,36-38H2,1-5H3,(H,70,85)(H,75,83)(H,77,86)(H,73,76,84)/t47-,56+,61-/m1/s1. The van der Waals surface area contributed by atoms with Gasteiger partial charge in [0.15, 0.2) is 5.13 Å². The van der Waals surface area contributed by atoms with Gasteiger partial charge in [-0.15, -0.1) is 11.3 Å². The summed E-state index contributed by atoms with van der Waals surface area (Å²) in [5.41, 5.74) is 8.52. The maximum Gasteiger partial charge on any atom is 0.284 e. The number of para-hydroxylation sites is 1. The molecule has 24 heteroatoms.